The fourth-order valence-electron chi connectivity index (χ4n) is 2.52. The molecule has 0 radical (unpaired) electrons. The van der Waals surface area contributed by atoms with Gasteiger partial charge in [0, 0.05) is 11.0 Å². The molecule has 2 nitrogen and oxygen atoms in total. The van der Waals surface area contributed by atoms with Crippen molar-refractivity contribution in [2.45, 2.75) is 19.5 Å². The highest BCUT2D eigenvalue weighted by molar-refractivity contribution is 7.81. The predicted octanol–water partition coefficient (Wildman–Crippen LogP) is 4.92. The molecule has 0 amide bonds. The molecule has 22 heavy (non-hydrogen) atoms. The Kier molecular flexibility index (Phi) is 5.08. The lowest BCUT2D eigenvalue weighted by Gasteiger charge is -2.24. The predicted molar refractivity (Wildman–Crippen MR) is 94.4 cm³/mol. The highest BCUT2D eigenvalue weighted by atomic mass is 31.2. The van der Waals surface area contributed by atoms with Crippen LogP contribution in [0.15, 0.2) is 66.9 Å². The first-order valence-electron chi connectivity index (χ1n) is 7.24. The average molecular weight is 312 g/mol. The van der Waals surface area contributed by atoms with Crippen LogP contribution in [0.2, 0.25) is 0 Å². The summed E-state index contributed by atoms with van der Waals surface area (Å²) in [7, 11) is -1.20. The van der Waals surface area contributed by atoms with E-state index in [0.29, 0.717) is 5.31 Å². The summed E-state index contributed by atoms with van der Waals surface area (Å²) in [5, 5.41) is 1.49. The van der Waals surface area contributed by atoms with Gasteiger partial charge in [-0.3, -0.25) is 0 Å². The molecule has 114 valence electrons. The van der Waals surface area contributed by atoms with E-state index in [2.05, 4.69) is 12.3 Å². The van der Waals surface area contributed by atoms with Gasteiger partial charge in [-0.25, -0.2) is 0 Å². The maximum absolute atomic E-state index is 13.9. The summed E-state index contributed by atoms with van der Waals surface area (Å²) in [4.78, 5) is 0. The summed E-state index contributed by atoms with van der Waals surface area (Å²) in [6.07, 6.45) is 0. The number of rotatable bonds is 5. The quantitative estimate of drug-likeness (QED) is 0.579. The maximum atomic E-state index is 13.9. The molecule has 0 saturated carbocycles. The summed E-state index contributed by atoms with van der Waals surface area (Å²) < 4.78 is 19.1. The molecule has 0 unspecified atom stereocenters. The van der Waals surface area contributed by atoms with Crippen LogP contribution in [0, 0.1) is 0 Å². The van der Waals surface area contributed by atoms with Crippen LogP contribution in [0.3, 0.4) is 0 Å². The van der Waals surface area contributed by atoms with Gasteiger partial charge in [0.2, 0.25) is 0 Å². The second kappa shape index (κ2) is 6.83. The zero-order valence-electron chi connectivity index (χ0n) is 13.2. The number of hydrogen-bond acceptors (Lipinski definition) is 2. The van der Waals surface area contributed by atoms with Crippen molar-refractivity contribution >= 4 is 17.8 Å². The highest BCUT2D eigenvalue weighted by Crippen LogP contribution is 2.60. The third-order valence-electron chi connectivity index (χ3n) is 3.71. The molecular formula is C19H21O2P. The Bertz CT molecular complexity index is 741. The van der Waals surface area contributed by atoms with E-state index in [1.807, 2.05) is 68.4 Å². The Hall–Kier alpha value is -2.01. The van der Waals surface area contributed by atoms with Crippen molar-refractivity contribution in [2.24, 2.45) is 0 Å². The molecule has 0 bridgehead atoms. The van der Waals surface area contributed by atoms with Crippen LogP contribution in [-0.2, 0) is 4.57 Å². The molecule has 0 aliphatic carbocycles. The van der Waals surface area contributed by atoms with Crippen molar-refractivity contribution < 1.29 is 9.30 Å². The molecule has 0 spiro atoms. The van der Waals surface area contributed by atoms with E-state index < -0.39 is 7.14 Å². The van der Waals surface area contributed by atoms with E-state index in [9.17, 15) is 4.57 Å². The van der Waals surface area contributed by atoms with Crippen molar-refractivity contribution in [3.8, 4) is 5.75 Å². The van der Waals surface area contributed by atoms with Crippen LogP contribution in [0.5, 0.6) is 5.75 Å². The standard InChI is InChI=1S/C19H21O2P/c1-5-19(16-10-9-11-17(14-16)21-4)22(20,15(2)3)18-12-7-6-8-13-18/h6-15H,1H2,2-4H3/t22-/m0/s1. The van der Waals surface area contributed by atoms with Gasteiger partial charge in [0.15, 0.2) is 7.14 Å². The Balaban J connectivity index is 2.65. The van der Waals surface area contributed by atoms with Crippen LogP contribution >= 0.6 is 7.14 Å². The van der Waals surface area contributed by atoms with E-state index >= 15 is 0 Å². The molecule has 2 aromatic rings. The van der Waals surface area contributed by atoms with Gasteiger partial charge < -0.3 is 9.30 Å². The molecule has 2 rings (SSSR count). The largest absolute Gasteiger partial charge is 0.497 e. The molecule has 0 saturated heterocycles. The summed E-state index contributed by atoms with van der Waals surface area (Å²) in [6, 6.07) is 17.1. The fraction of sp³-hybridized carbons (Fsp3) is 0.211. The summed E-state index contributed by atoms with van der Waals surface area (Å²) >= 11 is 0. The lowest BCUT2D eigenvalue weighted by Crippen LogP contribution is -2.13. The first-order chi connectivity index (χ1) is 10.5. The van der Waals surface area contributed by atoms with Gasteiger partial charge in [0.1, 0.15) is 5.75 Å². The summed E-state index contributed by atoms with van der Waals surface area (Å²) in [6.45, 7) is 7.75. The molecule has 0 aliphatic rings. The normalized spacial score (nSPS) is 13.3. The van der Waals surface area contributed by atoms with E-state index in [0.717, 1.165) is 16.6 Å². The third kappa shape index (κ3) is 2.95. The molecule has 0 fully saturated rings. The monoisotopic (exact) mass is 312 g/mol. The van der Waals surface area contributed by atoms with Crippen molar-refractivity contribution in [2.75, 3.05) is 7.11 Å². The first kappa shape index (κ1) is 16.4. The van der Waals surface area contributed by atoms with Crippen LogP contribution in [0.1, 0.15) is 19.4 Å². The average Bonchev–Trinajstić information content (AvgIpc) is 2.56. The Labute approximate surface area is 132 Å². The minimum atomic E-state index is -2.82. The zero-order chi connectivity index (χ0) is 16.2. The third-order valence-corrected chi connectivity index (χ3v) is 7.31. The van der Waals surface area contributed by atoms with E-state index in [4.69, 9.17) is 4.74 Å². The lowest BCUT2D eigenvalue weighted by atomic mass is 10.2. The minimum absolute atomic E-state index is 0.0367. The Morgan fingerprint density at radius 2 is 1.82 bits per heavy atom. The van der Waals surface area contributed by atoms with Crippen molar-refractivity contribution in [1.82, 2.24) is 0 Å². The van der Waals surface area contributed by atoms with Crippen LogP contribution in [0.25, 0.3) is 5.31 Å². The van der Waals surface area contributed by atoms with Crippen molar-refractivity contribution in [1.29, 1.82) is 0 Å². The molecule has 3 heteroatoms. The number of hydrogen-bond donors (Lipinski definition) is 0. The van der Waals surface area contributed by atoms with Crippen LogP contribution in [-0.4, -0.2) is 12.8 Å². The SMILES string of the molecule is C=C=C(c1cccc(OC)c1)[P@@](=O)(c1ccccc1)C(C)C. The van der Waals surface area contributed by atoms with Crippen LogP contribution < -0.4 is 10.0 Å². The van der Waals surface area contributed by atoms with Gasteiger partial charge in [-0.1, -0.05) is 62.9 Å². The molecule has 1 atom stereocenters. The number of benzene rings is 2. The second-order valence-corrected chi connectivity index (χ2v) is 8.66. The molecule has 0 aliphatic heterocycles. The van der Waals surface area contributed by atoms with Crippen molar-refractivity contribution in [3.05, 3.63) is 72.5 Å². The van der Waals surface area contributed by atoms with Gasteiger partial charge in [-0.05, 0) is 17.7 Å². The smallest absolute Gasteiger partial charge is 0.153 e. The second-order valence-electron chi connectivity index (χ2n) is 5.34. The van der Waals surface area contributed by atoms with Gasteiger partial charge in [0.05, 0.1) is 12.4 Å². The summed E-state index contributed by atoms with van der Waals surface area (Å²) in [5.74, 6) is 0.730. The van der Waals surface area contributed by atoms with E-state index in [1.165, 1.54) is 0 Å². The molecular weight excluding hydrogens is 291 g/mol. The van der Waals surface area contributed by atoms with Gasteiger partial charge in [-0.15, -0.1) is 5.73 Å². The fourth-order valence-corrected chi connectivity index (χ4v) is 5.26. The molecule has 0 heterocycles. The first-order valence-corrected chi connectivity index (χ1v) is 9.02. The lowest BCUT2D eigenvalue weighted by molar-refractivity contribution is 0.414. The molecule has 0 N–H and O–H groups in total. The van der Waals surface area contributed by atoms with E-state index in [-0.39, 0.29) is 5.66 Å². The molecule has 0 aromatic heterocycles. The van der Waals surface area contributed by atoms with Crippen molar-refractivity contribution in [3.63, 3.8) is 0 Å². The van der Waals surface area contributed by atoms with Gasteiger partial charge >= 0.3 is 0 Å². The van der Waals surface area contributed by atoms with Crippen LogP contribution in [0.4, 0.5) is 0 Å². The van der Waals surface area contributed by atoms with E-state index in [1.54, 1.807) is 7.11 Å². The van der Waals surface area contributed by atoms with Gasteiger partial charge in [-0.2, -0.15) is 0 Å². The molecule has 2 aromatic carbocycles. The zero-order valence-corrected chi connectivity index (χ0v) is 14.1. The van der Waals surface area contributed by atoms with Gasteiger partial charge in [0.25, 0.3) is 0 Å². The Morgan fingerprint density at radius 1 is 1.14 bits per heavy atom. The number of ether oxygens (including phenoxy) is 1. The Morgan fingerprint density at radius 3 is 2.36 bits per heavy atom. The minimum Gasteiger partial charge on any atom is -0.497 e. The summed E-state index contributed by atoms with van der Waals surface area (Å²) in [5.41, 5.74) is 3.74. The highest BCUT2D eigenvalue weighted by Gasteiger charge is 2.34. The topological polar surface area (TPSA) is 26.3 Å². The number of methoxy groups -OCH3 is 1. The maximum Gasteiger partial charge on any atom is 0.153 e.